The van der Waals surface area contributed by atoms with Gasteiger partial charge in [0, 0.05) is 13.1 Å². The van der Waals surface area contributed by atoms with E-state index in [9.17, 15) is 67.4 Å². The summed E-state index contributed by atoms with van der Waals surface area (Å²) in [6, 6.07) is -9.60. The number of esters is 2. The average Bonchev–Trinajstić information content (AvgIpc) is 4.11. The Labute approximate surface area is 479 Å². The Hall–Kier alpha value is -7.65. The first-order valence-electron chi connectivity index (χ1n) is 27.3. The number of alkyl carbamates (subject to hydrolysis) is 2. The van der Waals surface area contributed by atoms with E-state index in [0.717, 1.165) is 9.80 Å². The molecule has 2 rings (SSSR count). The lowest BCUT2D eigenvalue weighted by atomic mass is 10.0. The molecule has 12 amide bonds. The quantitative estimate of drug-likeness (QED) is 0.0253. The zero-order valence-corrected chi connectivity index (χ0v) is 49.9. The third kappa shape index (κ3) is 23.1. The van der Waals surface area contributed by atoms with Gasteiger partial charge in [0.15, 0.2) is 6.10 Å². The molecule has 82 heavy (non-hydrogen) atoms. The van der Waals surface area contributed by atoms with Gasteiger partial charge >= 0.3 is 36.2 Å². The summed E-state index contributed by atoms with van der Waals surface area (Å²) in [6.45, 7) is 28.6. The minimum absolute atomic E-state index is 0.0425. The van der Waals surface area contributed by atoms with Gasteiger partial charge in [0.25, 0.3) is 23.6 Å². The third-order valence-corrected chi connectivity index (χ3v) is 11.7. The molecule has 462 valence electrons. The van der Waals surface area contributed by atoms with Crippen molar-refractivity contribution in [1.29, 1.82) is 0 Å². The number of hydrogen-bond donors (Lipinski definition) is 7. The van der Waals surface area contributed by atoms with Gasteiger partial charge < -0.3 is 65.8 Å². The number of ketones is 1. The van der Waals surface area contributed by atoms with E-state index in [0.29, 0.717) is 22.6 Å². The molecule has 28 heteroatoms. The number of nitrogens with zero attached hydrogens (tertiary/aromatic N) is 4. The van der Waals surface area contributed by atoms with Crippen LogP contribution in [0.1, 0.15) is 123 Å². The van der Waals surface area contributed by atoms with Gasteiger partial charge in [-0.3, -0.25) is 43.2 Å². The number of ether oxygens (including phenoxy) is 4. The largest absolute Gasteiger partial charge is 0.465 e. The number of amides is 12. The number of aliphatic hydroxyl groups excluding tert-OH is 1. The van der Waals surface area contributed by atoms with Crippen molar-refractivity contribution in [3.05, 3.63) is 25.3 Å². The van der Waals surface area contributed by atoms with Gasteiger partial charge in [-0.2, -0.15) is 0 Å². The lowest BCUT2D eigenvalue weighted by molar-refractivity contribution is -0.144. The molecule has 7 unspecified atom stereocenters. The number of imide groups is 2. The Balaban J connectivity index is 0.000000820. The van der Waals surface area contributed by atoms with E-state index in [2.05, 4.69) is 45.1 Å². The first kappa shape index (κ1) is 72.4. The molecule has 28 nitrogen and oxygen atoms in total. The predicted octanol–water partition coefficient (Wildman–Crippen LogP) is 1.57. The van der Waals surface area contributed by atoms with E-state index in [1.165, 1.54) is 12.2 Å². The summed E-state index contributed by atoms with van der Waals surface area (Å²) in [5.41, 5.74) is -1.72. The molecule has 2 heterocycles. The van der Waals surface area contributed by atoms with Crippen LogP contribution < -0.4 is 31.9 Å². The second-order valence-electron chi connectivity index (χ2n) is 21.7. The smallest absolute Gasteiger partial charge is 0.408 e. The van der Waals surface area contributed by atoms with E-state index in [1.54, 1.807) is 96.9 Å². The van der Waals surface area contributed by atoms with Crippen molar-refractivity contribution < 1.29 is 86.4 Å². The van der Waals surface area contributed by atoms with Crippen molar-refractivity contribution in [2.24, 2.45) is 11.8 Å². The number of Topliss-reactive ketones (excluding diaryl/α,β-unsaturated/α-hetero) is 1. The normalized spacial score (nSPS) is 16.9. The summed E-state index contributed by atoms with van der Waals surface area (Å²) in [4.78, 5) is 171. The van der Waals surface area contributed by atoms with Crippen molar-refractivity contribution in [3.63, 3.8) is 0 Å². The van der Waals surface area contributed by atoms with Gasteiger partial charge in [-0.05, 0) is 80.1 Å². The predicted molar refractivity (Wildman–Crippen MR) is 296 cm³/mol. The highest BCUT2D eigenvalue weighted by Gasteiger charge is 2.51. The molecule has 2 aliphatic rings. The van der Waals surface area contributed by atoms with Crippen LogP contribution in [-0.2, 0) is 62.1 Å². The standard InChI is InChI=1S/C27H45N5O9.C27H43N5O9/c2*1-9-12-17(21(34)23(36)28-13-10-2)29-22(35)18-14-31(15-19(33)40-11-3)26(39)32(18)24(37)20(16(4)5)30-25(38)41-27(6,7)8/h10,16-18,20-21,34H,2,9,11-15H2,1,3-8H3,(H,28,36)(H,29,35)(H,30,38);10,16-18,20H,2,9,11-15H2,1,3-8H3,(H,28,36)(H,29,35)(H,30,38). The van der Waals surface area contributed by atoms with Crippen LogP contribution >= 0.6 is 0 Å². The van der Waals surface area contributed by atoms with Gasteiger partial charge in [0.05, 0.1) is 38.4 Å². The fourth-order valence-corrected chi connectivity index (χ4v) is 7.98. The van der Waals surface area contributed by atoms with Crippen molar-refractivity contribution >= 4 is 77.4 Å². The number of nitrogens with one attached hydrogen (secondary N) is 6. The van der Waals surface area contributed by atoms with E-state index >= 15 is 0 Å². The highest BCUT2D eigenvalue weighted by Crippen LogP contribution is 2.24. The molecular formula is C54H88N10O18. The molecule has 0 aromatic carbocycles. The van der Waals surface area contributed by atoms with Crippen LogP contribution in [0.25, 0.3) is 0 Å². The van der Waals surface area contributed by atoms with E-state index in [1.807, 2.05) is 0 Å². The number of carbonyl (C=O) groups excluding carboxylic acids is 13. The second-order valence-corrected chi connectivity index (χ2v) is 21.7. The van der Waals surface area contributed by atoms with Crippen molar-refractivity contribution in [3.8, 4) is 0 Å². The highest BCUT2D eigenvalue weighted by molar-refractivity contribution is 6.38. The molecule has 0 saturated carbocycles. The molecule has 0 aliphatic carbocycles. The van der Waals surface area contributed by atoms with Gasteiger partial charge in [-0.1, -0.05) is 66.5 Å². The molecule has 2 aliphatic heterocycles. The molecule has 0 aromatic rings. The van der Waals surface area contributed by atoms with Crippen LogP contribution in [0.5, 0.6) is 0 Å². The molecule has 0 aromatic heterocycles. The molecule has 2 saturated heterocycles. The van der Waals surface area contributed by atoms with Gasteiger partial charge in [-0.25, -0.2) is 29.0 Å². The van der Waals surface area contributed by atoms with Crippen LogP contribution in [-0.4, -0.2) is 208 Å². The first-order chi connectivity index (χ1) is 38.1. The molecule has 0 radical (unpaired) electrons. The molecule has 0 spiro atoms. The summed E-state index contributed by atoms with van der Waals surface area (Å²) >= 11 is 0. The summed E-state index contributed by atoms with van der Waals surface area (Å²) in [5, 5.41) is 25.4. The average molecular weight is 1170 g/mol. The number of rotatable bonds is 28. The monoisotopic (exact) mass is 1160 g/mol. The van der Waals surface area contributed by atoms with E-state index in [-0.39, 0.29) is 52.2 Å². The number of carbonyl (C=O) groups is 13. The maximum Gasteiger partial charge on any atom is 0.408 e. The molecule has 7 atom stereocenters. The molecule has 2 fully saturated rings. The minimum atomic E-state index is -1.62. The Bertz CT molecular complexity index is 2310. The Morgan fingerprint density at radius 3 is 1.35 bits per heavy atom. The van der Waals surface area contributed by atoms with Crippen LogP contribution in [0.4, 0.5) is 19.2 Å². The molecule has 0 bridgehead atoms. The number of hydrogen-bond acceptors (Lipinski definition) is 18. The van der Waals surface area contributed by atoms with Gasteiger partial charge in [-0.15, -0.1) is 13.2 Å². The summed E-state index contributed by atoms with van der Waals surface area (Å²) in [7, 11) is 0. The van der Waals surface area contributed by atoms with Crippen LogP contribution in [0, 0.1) is 11.8 Å². The maximum atomic E-state index is 13.7. The lowest BCUT2D eigenvalue weighted by Crippen LogP contribution is -2.59. The van der Waals surface area contributed by atoms with Crippen LogP contribution in [0.15, 0.2) is 25.3 Å². The third-order valence-electron chi connectivity index (χ3n) is 11.7. The zero-order valence-electron chi connectivity index (χ0n) is 49.9. The highest BCUT2D eigenvalue weighted by atomic mass is 16.6. The topological polar surface area (TPSA) is 364 Å². The Kier molecular flexibility index (Phi) is 30.0. The van der Waals surface area contributed by atoms with Crippen LogP contribution in [0.2, 0.25) is 0 Å². The zero-order chi connectivity index (χ0) is 63.0. The SMILES string of the molecule is C=CCNC(=O)C(=O)C(CCC)NC(=O)C1CN(CC(=O)OCC)C(=O)N1C(=O)C(NC(=O)OC(C)(C)C)C(C)C.C=CCNC(=O)C(O)C(CCC)NC(=O)C1CN(CC(=O)OCC)C(=O)N1C(=O)C(NC(=O)OC(C)(C)C)C(C)C. The van der Waals surface area contributed by atoms with Gasteiger partial charge in [0.2, 0.25) is 17.6 Å². The maximum absolute atomic E-state index is 13.7. The van der Waals surface area contributed by atoms with Gasteiger partial charge in [0.1, 0.15) is 48.5 Å². The summed E-state index contributed by atoms with van der Waals surface area (Å²) < 4.78 is 20.3. The van der Waals surface area contributed by atoms with E-state index < -0.39 is 156 Å². The molecular weight excluding hydrogens is 1080 g/mol. The molecule has 7 N–H and O–H groups in total. The fourth-order valence-electron chi connectivity index (χ4n) is 7.98. The fraction of sp³-hybridized carbons (Fsp3) is 0.685. The Morgan fingerprint density at radius 1 is 0.610 bits per heavy atom. The Morgan fingerprint density at radius 2 is 1.00 bits per heavy atom. The van der Waals surface area contributed by atoms with Crippen molar-refractivity contribution in [2.75, 3.05) is 52.5 Å². The first-order valence-corrected chi connectivity index (χ1v) is 27.3. The minimum Gasteiger partial charge on any atom is -0.465 e. The summed E-state index contributed by atoms with van der Waals surface area (Å²) in [5.74, 6) is -8.62. The number of urea groups is 2. The van der Waals surface area contributed by atoms with Crippen molar-refractivity contribution in [2.45, 2.75) is 176 Å². The van der Waals surface area contributed by atoms with Crippen molar-refractivity contribution in [1.82, 2.24) is 51.5 Å². The van der Waals surface area contributed by atoms with E-state index in [4.69, 9.17) is 18.9 Å². The second kappa shape index (κ2) is 33.9. The number of aliphatic hydroxyl groups is 1. The van der Waals surface area contributed by atoms with Crippen LogP contribution in [0.3, 0.4) is 0 Å². The summed E-state index contributed by atoms with van der Waals surface area (Å²) in [6.07, 6.45) is 0.660. The lowest BCUT2D eigenvalue weighted by Gasteiger charge is -2.30.